The molecule has 154 valence electrons. The van der Waals surface area contributed by atoms with Crippen molar-refractivity contribution in [2.24, 2.45) is 0 Å². The smallest absolute Gasteiger partial charge is 0.237 e. The number of halogens is 1. The maximum Gasteiger partial charge on any atom is 0.237 e. The molecule has 5 rings (SSSR count). The monoisotopic (exact) mass is 424 g/mol. The number of imidazole rings is 1. The molecule has 3 aromatic heterocycles. The van der Waals surface area contributed by atoms with E-state index in [1.807, 2.05) is 22.8 Å². The lowest BCUT2D eigenvalue weighted by Gasteiger charge is -2.10. The summed E-state index contributed by atoms with van der Waals surface area (Å²) in [7, 11) is 0. The predicted octanol–water partition coefficient (Wildman–Crippen LogP) is 1.96. The number of anilines is 1. The standard InChI is InChI=1S/C20H21ClN8O/c21-13-4-11-6-14(7-24-20(30)15-2-1-3-23-15)28-16(11)12(5-13)8-29-10-27-17-18(22)25-9-26-19(17)29/h4-6,9-10,15,23,28H,1-3,7-8H2,(H,24,30)(H2,22,25,26)/t15-/m0/s1. The van der Waals surface area contributed by atoms with E-state index in [-0.39, 0.29) is 11.9 Å². The summed E-state index contributed by atoms with van der Waals surface area (Å²) in [6, 6.07) is 5.75. The van der Waals surface area contributed by atoms with Crippen LogP contribution < -0.4 is 16.4 Å². The normalized spacial score (nSPS) is 16.5. The number of nitrogens with two attached hydrogens (primary N) is 1. The van der Waals surface area contributed by atoms with Crippen LogP contribution in [0.1, 0.15) is 24.1 Å². The number of aromatic amines is 1. The summed E-state index contributed by atoms with van der Waals surface area (Å²) in [5, 5.41) is 7.84. The zero-order chi connectivity index (χ0) is 20.7. The van der Waals surface area contributed by atoms with Crippen molar-refractivity contribution in [1.29, 1.82) is 0 Å². The lowest BCUT2D eigenvalue weighted by atomic mass is 10.1. The minimum Gasteiger partial charge on any atom is -0.382 e. The summed E-state index contributed by atoms with van der Waals surface area (Å²) in [5.41, 5.74) is 10.0. The number of nitrogens with zero attached hydrogens (tertiary/aromatic N) is 4. The van der Waals surface area contributed by atoms with Gasteiger partial charge in [0.05, 0.1) is 31.0 Å². The zero-order valence-corrected chi connectivity index (χ0v) is 16.9. The molecule has 1 aromatic carbocycles. The Labute approximate surface area is 177 Å². The van der Waals surface area contributed by atoms with Gasteiger partial charge in [-0.2, -0.15) is 0 Å². The molecular weight excluding hydrogens is 404 g/mol. The van der Waals surface area contributed by atoms with Crippen LogP contribution in [0.3, 0.4) is 0 Å². The summed E-state index contributed by atoms with van der Waals surface area (Å²) >= 11 is 6.37. The van der Waals surface area contributed by atoms with E-state index >= 15 is 0 Å². The number of nitrogens with one attached hydrogen (secondary N) is 3. The number of benzene rings is 1. The third kappa shape index (κ3) is 3.46. The largest absolute Gasteiger partial charge is 0.382 e. The average molecular weight is 425 g/mol. The molecule has 0 bridgehead atoms. The maximum atomic E-state index is 12.3. The highest BCUT2D eigenvalue weighted by molar-refractivity contribution is 6.31. The number of hydrogen-bond acceptors (Lipinski definition) is 6. The molecule has 4 heterocycles. The lowest BCUT2D eigenvalue weighted by Crippen LogP contribution is -2.40. The molecule has 0 spiro atoms. The van der Waals surface area contributed by atoms with E-state index in [1.165, 1.54) is 6.33 Å². The van der Waals surface area contributed by atoms with Gasteiger partial charge in [-0.1, -0.05) is 11.6 Å². The molecule has 1 aliphatic heterocycles. The topological polar surface area (TPSA) is 127 Å². The Hall–Kier alpha value is -3.17. The Kier molecular flexibility index (Phi) is 4.76. The van der Waals surface area contributed by atoms with E-state index in [2.05, 4.69) is 30.6 Å². The van der Waals surface area contributed by atoms with Gasteiger partial charge in [-0.25, -0.2) is 15.0 Å². The summed E-state index contributed by atoms with van der Waals surface area (Å²) in [6.07, 6.45) is 5.04. The number of nitrogen functional groups attached to an aromatic ring is 1. The van der Waals surface area contributed by atoms with Gasteiger partial charge in [-0.3, -0.25) is 4.79 Å². The van der Waals surface area contributed by atoms with Gasteiger partial charge in [0.2, 0.25) is 5.91 Å². The molecule has 30 heavy (non-hydrogen) atoms. The van der Waals surface area contributed by atoms with Crippen molar-refractivity contribution in [2.45, 2.75) is 32.0 Å². The van der Waals surface area contributed by atoms with Crippen molar-refractivity contribution in [3.8, 4) is 0 Å². The molecule has 0 radical (unpaired) electrons. The molecular formula is C20H21ClN8O. The molecule has 0 saturated carbocycles. The van der Waals surface area contributed by atoms with Crippen LogP contribution >= 0.6 is 11.6 Å². The van der Waals surface area contributed by atoms with Gasteiger partial charge < -0.3 is 25.9 Å². The van der Waals surface area contributed by atoms with Crippen LogP contribution in [0.4, 0.5) is 5.82 Å². The van der Waals surface area contributed by atoms with Crippen LogP contribution in [0.15, 0.2) is 30.9 Å². The molecule has 1 aliphatic rings. The fourth-order valence-corrected chi connectivity index (χ4v) is 4.22. The van der Waals surface area contributed by atoms with Crippen LogP contribution in [0.2, 0.25) is 5.02 Å². The van der Waals surface area contributed by atoms with Crippen LogP contribution in [0.5, 0.6) is 0 Å². The molecule has 0 aliphatic carbocycles. The summed E-state index contributed by atoms with van der Waals surface area (Å²) in [4.78, 5) is 28.3. The lowest BCUT2D eigenvalue weighted by molar-refractivity contribution is -0.122. The molecule has 1 saturated heterocycles. The summed E-state index contributed by atoms with van der Waals surface area (Å²) in [6.45, 7) is 1.84. The zero-order valence-electron chi connectivity index (χ0n) is 16.2. The van der Waals surface area contributed by atoms with Gasteiger partial charge in [-0.05, 0) is 43.1 Å². The van der Waals surface area contributed by atoms with E-state index in [9.17, 15) is 4.79 Å². The van der Waals surface area contributed by atoms with Crippen molar-refractivity contribution < 1.29 is 4.79 Å². The first kappa shape index (κ1) is 18.8. The highest BCUT2D eigenvalue weighted by Gasteiger charge is 2.21. The highest BCUT2D eigenvalue weighted by Crippen LogP contribution is 2.26. The number of carbonyl (C=O) groups excluding carboxylic acids is 1. The highest BCUT2D eigenvalue weighted by atomic mass is 35.5. The van der Waals surface area contributed by atoms with Gasteiger partial charge >= 0.3 is 0 Å². The fourth-order valence-electron chi connectivity index (χ4n) is 3.97. The van der Waals surface area contributed by atoms with Gasteiger partial charge in [0.1, 0.15) is 11.8 Å². The van der Waals surface area contributed by atoms with Crippen LogP contribution in [0.25, 0.3) is 22.1 Å². The molecule has 1 atom stereocenters. The number of H-pyrrole nitrogens is 1. The predicted molar refractivity (Wildman–Crippen MR) is 115 cm³/mol. The van der Waals surface area contributed by atoms with Gasteiger partial charge in [0.25, 0.3) is 0 Å². The minimum absolute atomic E-state index is 0.0339. The Bertz CT molecular complexity index is 1240. The second kappa shape index (κ2) is 7.58. The fraction of sp³-hybridized carbons (Fsp3) is 0.300. The minimum atomic E-state index is -0.0941. The average Bonchev–Trinajstić information content (AvgIpc) is 3.46. The van der Waals surface area contributed by atoms with Gasteiger partial charge in [0, 0.05) is 16.1 Å². The molecule has 1 fully saturated rings. The number of aromatic nitrogens is 5. The Morgan fingerprint density at radius 1 is 1.30 bits per heavy atom. The molecule has 10 heteroatoms. The van der Waals surface area contributed by atoms with Crippen LogP contribution in [0, 0.1) is 0 Å². The Morgan fingerprint density at radius 3 is 3.03 bits per heavy atom. The number of carbonyl (C=O) groups is 1. The molecule has 0 unspecified atom stereocenters. The van der Waals surface area contributed by atoms with E-state index < -0.39 is 0 Å². The number of amides is 1. The Morgan fingerprint density at radius 2 is 2.20 bits per heavy atom. The quantitative estimate of drug-likeness (QED) is 0.388. The number of fused-ring (bicyclic) bond motifs is 2. The first-order valence-electron chi connectivity index (χ1n) is 9.81. The summed E-state index contributed by atoms with van der Waals surface area (Å²) < 4.78 is 1.91. The first-order chi connectivity index (χ1) is 14.6. The van der Waals surface area contributed by atoms with Crippen molar-refractivity contribution in [2.75, 3.05) is 12.3 Å². The maximum absolute atomic E-state index is 12.3. The molecule has 9 nitrogen and oxygen atoms in total. The Balaban J connectivity index is 1.42. The van der Waals surface area contributed by atoms with Crippen LogP contribution in [-0.2, 0) is 17.9 Å². The van der Waals surface area contributed by atoms with Crippen molar-refractivity contribution >= 4 is 45.4 Å². The van der Waals surface area contributed by atoms with E-state index in [1.54, 1.807) is 6.33 Å². The van der Waals surface area contributed by atoms with Crippen molar-refractivity contribution in [3.05, 3.63) is 47.1 Å². The third-order valence-electron chi connectivity index (χ3n) is 5.43. The second-order valence-corrected chi connectivity index (χ2v) is 7.93. The molecule has 4 aromatic rings. The first-order valence-corrected chi connectivity index (χ1v) is 10.2. The van der Waals surface area contributed by atoms with E-state index in [4.69, 9.17) is 17.3 Å². The second-order valence-electron chi connectivity index (χ2n) is 7.49. The SMILES string of the molecule is Nc1ncnc2c1ncn2Cc1cc(Cl)cc2cc(CNC(=O)[C@@H]3CCCN3)[nH]c12. The van der Waals surface area contributed by atoms with E-state index in [0.717, 1.165) is 41.5 Å². The van der Waals surface area contributed by atoms with Gasteiger partial charge in [-0.15, -0.1) is 0 Å². The third-order valence-corrected chi connectivity index (χ3v) is 5.65. The number of hydrogen-bond donors (Lipinski definition) is 4. The molecule has 1 amide bonds. The van der Waals surface area contributed by atoms with Gasteiger partial charge in [0.15, 0.2) is 11.5 Å². The molecule has 5 N–H and O–H groups in total. The van der Waals surface area contributed by atoms with Crippen LogP contribution in [-0.4, -0.2) is 43.0 Å². The van der Waals surface area contributed by atoms with Crippen molar-refractivity contribution in [1.82, 2.24) is 35.1 Å². The van der Waals surface area contributed by atoms with E-state index in [0.29, 0.717) is 35.1 Å². The summed E-state index contributed by atoms with van der Waals surface area (Å²) in [5.74, 6) is 0.385. The number of rotatable bonds is 5. The van der Waals surface area contributed by atoms with Crippen molar-refractivity contribution in [3.63, 3.8) is 0 Å².